The first kappa shape index (κ1) is 30.5. The topological polar surface area (TPSA) is 76.7 Å². The Labute approximate surface area is 226 Å². The molecule has 0 unspecified atom stereocenters. The van der Waals surface area contributed by atoms with E-state index in [0.29, 0.717) is 17.0 Å². The van der Waals surface area contributed by atoms with Crippen molar-refractivity contribution in [2.75, 3.05) is 5.32 Å². The van der Waals surface area contributed by atoms with E-state index in [4.69, 9.17) is 9.57 Å². The standard InChI is InChI=1S/C28H26F6N2O4/c1-26(2,3)39-22-11-9-17(10-12-22)13-23(25(38)35-21-7-5-4-6-8-21)40-36-24(37)18-14-19(27(29,30)31)16-20(15-18)28(32,33)34/h4-12,14-16,23H,13H2,1-3H3,(H,35,38)(H,36,37)/t23-/m1/s1. The van der Waals surface area contributed by atoms with Crippen molar-refractivity contribution >= 4 is 17.5 Å². The summed E-state index contributed by atoms with van der Waals surface area (Å²) < 4.78 is 84.9. The third-order valence-corrected chi connectivity index (χ3v) is 5.25. The number of anilines is 1. The van der Waals surface area contributed by atoms with Crippen LogP contribution in [0.1, 0.15) is 47.8 Å². The smallest absolute Gasteiger partial charge is 0.416 e. The van der Waals surface area contributed by atoms with Gasteiger partial charge in [-0.1, -0.05) is 30.3 Å². The highest BCUT2D eigenvalue weighted by Crippen LogP contribution is 2.36. The molecular formula is C28H26F6N2O4. The maximum atomic E-state index is 13.2. The van der Waals surface area contributed by atoms with Crippen molar-refractivity contribution in [3.8, 4) is 5.75 Å². The molecule has 40 heavy (non-hydrogen) atoms. The van der Waals surface area contributed by atoms with E-state index >= 15 is 0 Å². The number of hydroxylamine groups is 1. The number of para-hydroxylation sites is 1. The molecule has 0 spiro atoms. The van der Waals surface area contributed by atoms with E-state index in [1.807, 2.05) is 26.3 Å². The first-order valence-electron chi connectivity index (χ1n) is 11.9. The largest absolute Gasteiger partial charge is 0.488 e. The van der Waals surface area contributed by atoms with Gasteiger partial charge in [0.25, 0.3) is 11.8 Å². The SMILES string of the molecule is CC(C)(C)Oc1ccc(C[C@@H](ONC(=O)c2cc(C(F)(F)F)cc(C(F)(F)F)c2)C(=O)Nc2ccccc2)cc1. The Kier molecular flexibility index (Phi) is 9.14. The molecule has 214 valence electrons. The van der Waals surface area contributed by atoms with E-state index in [9.17, 15) is 35.9 Å². The van der Waals surface area contributed by atoms with Crippen LogP contribution in [0.3, 0.4) is 0 Å². The van der Waals surface area contributed by atoms with Gasteiger partial charge in [0.05, 0.1) is 11.1 Å². The summed E-state index contributed by atoms with van der Waals surface area (Å²) in [7, 11) is 0. The van der Waals surface area contributed by atoms with Crippen LogP contribution in [0.4, 0.5) is 32.0 Å². The quantitative estimate of drug-likeness (QED) is 0.231. The number of alkyl halides is 6. The maximum Gasteiger partial charge on any atom is 0.416 e. The van der Waals surface area contributed by atoms with Gasteiger partial charge < -0.3 is 10.1 Å². The molecule has 0 bridgehead atoms. The molecule has 3 aromatic carbocycles. The van der Waals surface area contributed by atoms with Crippen molar-refractivity contribution in [3.63, 3.8) is 0 Å². The van der Waals surface area contributed by atoms with Crippen LogP contribution in [0.15, 0.2) is 72.8 Å². The maximum absolute atomic E-state index is 13.2. The van der Waals surface area contributed by atoms with Crippen molar-refractivity contribution in [1.82, 2.24) is 5.48 Å². The van der Waals surface area contributed by atoms with Crippen molar-refractivity contribution in [2.24, 2.45) is 0 Å². The lowest BCUT2D eigenvalue weighted by Gasteiger charge is -2.22. The van der Waals surface area contributed by atoms with Crippen LogP contribution in [0.5, 0.6) is 5.75 Å². The Morgan fingerprint density at radius 2 is 1.35 bits per heavy atom. The van der Waals surface area contributed by atoms with Gasteiger partial charge in [-0.15, -0.1) is 0 Å². The summed E-state index contributed by atoms with van der Waals surface area (Å²) in [6.45, 7) is 5.59. The van der Waals surface area contributed by atoms with Gasteiger partial charge in [0, 0.05) is 17.7 Å². The molecule has 0 aromatic heterocycles. The molecule has 0 saturated heterocycles. The second kappa shape index (κ2) is 12.0. The Hall–Kier alpha value is -4.06. The monoisotopic (exact) mass is 568 g/mol. The van der Waals surface area contributed by atoms with Crippen molar-refractivity contribution < 1.29 is 45.5 Å². The Morgan fingerprint density at radius 1 is 0.800 bits per heavy atom. The molecule has 0 fully saturated rings. The molecule has 2 N–H and O–H groups in total. The molecular weight excluding hydrogens is 542 g/mol. The normalized spacial score (nSPS) is 12.9. The number of nitrogens with one attached hydrogen (secondary N) is 2. The number of carbonyl (C=O) groups is 2. The highest BCUT2D eigenvalue weighted by molar-refractivity contribution is 5.96. The summed E-state index contributed by atoms with van der Waals surface area (Å²) in [5.74, 6) is -1.56. The molecule has 1 atom stereocenters. The van der Waals surface area contributed by atoms with E-state index in [-0.39, 0.29) is 24.6 Å². The molecule has 0 aliphatic rings. The van der Waals surface area contributed by atoms with Gasteiger partial charge in [0.2, 0.25) is 0 Å². The summed E-state index contributed by atoms with van der Waals surface area (Å²) in [4.78, 5) is 30.8. The minimum atomic E-state index is -5.14. The number of ether oxygens (including phenoxy) is 1. The number of benzene rings is 3. The summed E-state index contributed by atoms with van der Waals surface area (Å²) >= 11 is 0. The molecule has 6 nitrogen and oxygen atoms in total. The number of carbonyl (C=O) groups excluding carboxylic acids is 2. The molecule has 3 rings (SSSR count). The number of amides is 2. The van der Waals surface area contributed by atoms with Crippen molar-refractivity contribution in [2.45, 2.75) is 51.2 Å². The van der Waals surface area contributed by atoms with Gasteiger partial charge in [-0.2, -0.15) is 26.3 Å². The van der Waals surface area contributed by atoms with Crippen LogP contribution >= 0.6 is 0 Å². The third kappa shape index (κ3) is 9.01. The molecule has 3 aromatic rings. The lowest BCUT2D eigenvalue weighted by Crippen LogP contribution is -2.39. The predicted octanol–water partition coefficient (Wildman–Crippen LogP) is 6.81. The summed E-state index contributed by atoms with van der Waals surface area (Å²) in [6.07, 6.45) is -11.8. The summed E-state index contributed by atoms with van der Waals surface area (Å²) in [5.41, 5.74) is -1.94. The first-order valence-corrected chi connectivity index (χ1v) is 11.9. The molecule has 0 aliphatic heterocycles. The van der Waals surface area contributed by atoms with Crippen LogP contribution in [-0.4, -0.2) is 23.5 Å². The van der Waals surface area contributed by atoms with Crippen LogP contribution in [0.2, 0.25) is 0 Å². The average Bonchev–Trinajstić information content (AvgIpc) is 2.85. The predicted molar refractivity (Wildman–Crippen MR) is 134 cm³/mol. The number of halogens is 6. The van der Waals surface area contributed by atoms with Gasteiger partial charge >= 0.3 is 12.4 Å². The molecule has 0 aliphatic carbocycles. The Balaban J connectivity index is 1.83. The molecule has 0 heterocycles. The van der Waals surface area contributed by atoms with E-state index in [1.54, 1.807) is 54.6 Å². The van der Waals surface area contributed by atoms with Crippen LogP contribution in [-0.2, 0) is 28.4 Å². The number of hydrogen-bond donors (Lipinski definition) is 2. The second-order valence-electron chi connectivity index (χ2n) is 9.75. The zero-order chi connectivity index (χ0) is 29.7. The van der Waals surface area contributed by atoms with Crippen molar-refractivity contribution in [1.29, 1.82) is 0 Å². The zero-order valence-corrected chi connectivity index (χ0v) is 21.6. The molecule has 0 saturated carbocycles. The average molecular weight is 569 g/mol. The van der Waals surface area contributed by atoms with Crippen LogP contribution in [0, 0.1) is 0 Å². The second-order valence-corrected chi connectivity index (χ2v) is 9.75. The van der Waals surface area contributed by atoms with Crippen molar-refractivity contribution in [3.05, 3.63) is 95.1 Å². The fourth-order valence-electron chi connectivity index (χ4n) is 3.46. The minimum absolute atomic E-state index is 0.0964. The zero-order valence-electron chi connectivity index (χ0n) is 21.6. The van der Waals surface area contributed by atoms with Crippen LogP contribution in [0.25, 0.3) is 0 Å². The van der Waals surface area contributed by atoms with E-state index in [2.05, 4.69) is 5.32 Å². The fourth-order valence-corrected chi connectivity index (χ4v) is 3.46. The van der Waals surface area contributed by atoms with E-state index < -0.39 is 52.6 Å². The highest BCUT2D eigenvalue weighted by atomic mass is 19.4. The minimum Gasteiger partial charge on any atom is -0.488 e. The van der Waals surface area contributed by atoms with Gasteiger partial charge in [-0.25, -0.2) is 5.48 Å². The Morgan fingerprint density at radius 3 is 1.85 bits per heavy atom. The fraction of sp³-hybridized carbons (Fsp3) is 0.286. The number of hydrogen-bond acceptors (Lipinski definition) is 4. The van der Waals surface area contributed by atoms with Crippen LogP contribution < -0.4 is 15.5 Å². The van der Waals surface area contributed by atoms with Gasteiger partial charge in [-0.05, 0) is 68.8 Å². The molecule has 0 radical (unpaired) electrons. The third-order valence-electron chi connectivity index (χ3n) is 5.25. The van der Waals surface area contributed by atoms with Gasteiger partial charge in [0.15, 0.2) is 6.10 Å². The molecule has 2 amide bonds. The first-order chi connectivity index (χ1) is 18.5. The van der Waals surface area contributed by atoms with Gasteiger partial charge in [-0.3, -0.25) is 14.4 Å². The Bertz CT molecular complexity index is 1290. The van der Waals surface area contributed by atoms with E-state index in [0.717, 1.165) is 0 Å². The molecule has 12 heteroatoms. The van der Waals surface area contributed by atoms with Gasteiger partial charge in [0.1, 0.15) is 11.4 Å². The summed E-state index contributed by atoms with van der Waals surface area (Å²) in [6, 6.07) is 15.3. The highest BCUT2D eigenvalue weighted by Gasteiger charge is 2.37. The number of rotatable bonds is 8. The lowest BCUT2D eigenvalue weighted by molar-refractivity contribution is -0.143. The van der Waals surface area contributed by atoms with E-state index in [1.165, 1.54) is 0 Å². The lowest BCUT2D eigenvalue weighted by atomic mass is 10.0. The summed E-state index contributed by atoms with van der Waals surface area (Å²) in [5, 5.41) is 2.59.